The summed E-state index contributed by atoms with van der Waals surface area (Å²) in [5.41, 5.74) is 0.255. The molecule has 0 unspecified atom stereocenters. The van der Waals surface area contributed by atoms with Crippen LogP contribution in [0, 0.1) is 18.3 Å². The van der Waals surface area contributed by atoms with Gasteiger partial charge in [-0.25, -0.2) is 4.79 Å². The summed E-state index contributed by atoms with van der Waals surface area (Å²) in [5.74, 6) is -0.201. The summed E-state index contributed by atoms with van der Waals surface area (Å²) < 4.78 is 9.15. The Balaban J connectivity index is 2.67. The Morgan fingerprint density at radius 3 is 3.17 bits per heavy atom. The number of rotatable bonds is 2. The SMILES string of the molecule is Cc1oncc1C(=O)OCC#N. The van der Waals surface area contributed by atoms with Crippen molar-refractivity contribution in [1.82, 2.24) is 5.16 Å². The van der Waals surface area contributed by atoms with Crippen LogP contribution in [0.25, 0.3) is 0 Å². The van der Waals surface area contributed by atoms with Gasteiger partial charge in [0.05, 0.1) is 6.20 Å². The molecule has 0 atom stereocenters. The first-order chi connectivity index (χ1) is 5.75. The first kappa shape index (κ1) is 8.27. The maximum atomic E-state index is 11.0. The molecule has 0 saturated heterocycles. The predicted octanol–water partition coefficient (Wildman–Crippen LogP) is 0.663. The summed E-state index contributed by atoms with van der Waals surface area (Å²) in [4.78, 5) is 11.0. The lowest BCUT2D eigenvalue weighted by atomic mass is 10.3. The minimum Gasteiger partial charge on any atom is -0.447 e. The van der Waals surface area contributed by atoms with E-state index in [1.54, 1.807) is 13.0 Å². The van der Waals surface area contributed by atoms with Crippen LogP contribution >= 0.6 is 0 Å². The highest BCUT2D eigenvalue weighted by molar-refractivity contribution is 5.89. The van der Waals surface area contributed by atoms with Gasteiger partial charge in [0.2, 0.25) is 0 Å². The molecule has 0 fully saturated rings. The zero-order chi connectivity index (χ0) is 8.97. The second-order valence-corrected chi connectivity index (χ2v) is 2.03. The van der Waals surface area contributed by atoms with Crippen molar-refractivity contribution in [2.45, 2.75) is 6.92 Å². The van der Waals surface area contributed by atoms with Crippen LogP contribution in [-0.2, 0) is 4.74 Å². The molecule has 0 radical (unpaired) electrons. The third-order valence-corrected chi connectivity index (χ3v) is 1.24. The number of esters is 1. The van der Waals surface area contributed by atoms with Crippen LogP contribution in [-0.4, -0.2) is 17.7 Å². The summed E-state index contributed by atoms with van der Waals surface area (Å²) in [7, 11) is 0. The standard InChI is InChI=1S/C7H6N2O3/c1-5-6(4-9-12-5)7(10)11-3-2-8/h4H,3H2,1H3. The average Bonchev–Trinajstić information content (AvgIpc) is 2.47. The first-order valence-electron chi connectivity index (χ1n) is 3.21. The number of nitrogens with zero attached hydrogens (tertiary/aromatic N) is 2. The van der Waals surface area contributed by atoms with Gasteiger partial charge in [0.1, 0.15) is 17.4 Å². The van der Waals surface area contributed by atoms with Gasteiger partial charge in [0.25, 0.3) is 0 Å². The van der Waals surface area contributed by atoms with Crippen LogP contribution in [0.1, 0.15) is 16.1 Å². The third kappa shape index (κ3) is 1.61. The van der Waals surface area contributed by atoms with E-state index in [-0.39, 0.29) is 12.2 Å². The van der Waals surface area contributed by atoms with Crippen molar-refractivity contribution in [3.05, 3.63) is 17.5 Å². The molecule has 0 aromatic carbocycles. The molecular formula is C7H6N2O3. The number of ether oxygens (including phenoxy) is 1. The average molecular weight is 166 g/mol. The fraction of sp³-hybridized carbons (Fsp3) is 0.286. The quantitative estimate of drug-likeness (QED) is 0.603. The molecule has 0 aliphatic rings. The lowest BCUT2D eigenvalue weighted by Crippen LogP contribution is -2.05. The molecule has 1 rings (SSSR count). The molecule has 5 nitrogen and oxygen atoms in total. The van der Waals surface area contributed by atoms with Crippen LogP contribution in [0.2, 0.25) is 0 Å². The highest BCUT2D eigenvalue weighted by Gasteiger charge is 2.13. The number of aromatic nitrogens is 1. The van der Waals surface area contributed by atoms with Gasteiger partial charge in [-0.2, -0.15) is 5.26 Å². The number of carbonyl (C=O) groups excluding carboxylic acids is 1. The molecule has 1 aromatic rings. The summed E-state index contributed by atoms with van der Waals surface area (Å²) in [5, 5.41) is 11.5. The van der Waals surface area contributed by atoms with Crippen LogP contribution in [0.4, 0.5) is 0 Å². The minimum atomic E-state index is -0.588. The third-order valence-electron chi connectivity index (χ3n) is 1.24. The second-order valence-electron chi connectivity index (χ2n) is 2.03. The molecule has 5 heteroatoms. The smallest absolute Gasteiger partial charge is 0.344 e. The molecular weight excluding hydrogens is 160 g/mol. The molecule has 1 aromatic heterocycles. The summed E-state index contributed by atoms with van der Waals surface area (Å²) >= 11 is 0. The van der Waals surface area contributed by atoms with Gasteiger partial charge in [-0.15, -0.1) is 0 Å². The molecule has 1 heterocycles. The lowest BCUT2D eigenvalue weighted by molar-refractivity contribution is 0.0553. The fourth-order valence-electron chi connectivity index (χ4n) is 0.670. The van der Waals surface area contributed by atoms with Crippen molar-refractivity contribution in [3.8, 4) is 6.07 Å². The summed E-state index contributed by atoms with van der Waals surface area (Å²) in [6.07, 6.45) is 1.26. The van der Waals surface area contributed by atoms with Crippen LogP contribution in [0.3, 0.4) is 0 Å². The number of hydrogen-bond acceptors (Lipinski definition) is 5. The highest BCUT2D eigenvalue weighted by atomic mass is 16.5. The van der Waals surface area contributed by atoms with E-state index in [0.717, 1.165) is 0 Å². The Morgan fingerprint density at radius 2 is 2.67 bits per heavy atom. The van der Waals surface area contributed by atoms with Crippen LogP contribution < -0.4 is 0 Å². The van der Waals surface area contributed by atoms with Gasteiger partial charge in [-0.05, 0) is 6.92 Å². The van der Waals surface area contributed by atoms with E-state index in [9.17, 15) is 4.79 Å². The zero-order valence-corrected chi connectivity index (χ0v) is 6.40. The highest BCUT2D eigenvalue weighted by Crippen LogP contribution is 2.06. The van der Waals surface area contributed by atoms with Gasteiger partial charge in [0, 0.05) is 0 Å². The Bertz CT molecular complexity index is 324. The number of carbonyl (C=O) groups is 1. The van der Waals surface area contributed by atoms with E-state index in [1.807, 2.05) is 0 Å². The van der Waals surface area contributed by atoms with Crippen LogP contribution in [0.5, 0.6) is 0 Å². The normalized spacial score (nSPS) is 9.00. The predicted molar refractivity (Wildman–Crippen MR) is 37.1 cm³/mol. The molecule has 0 spiro atoms. The molecule has 0 N–H and O–H groups in total. The van der Waals surface area contributed by atoms with Gasteiger partial charge >= 0.3 is 5.97 Å². The second kappa shape index (κ2) is 3.53. The molecule has 62 valence electrons. The molecule has 12 heavy (non-hydrogen) atoms. The van der Waals surface area contributed by atoms with Crippen LogP contribution in [0.15, 0.2) is 10.7 Å². The largest absolute Gasteiger partial charge is 0.447 e. The Labute approximate surface area is 68.5 Å². The fourth-order valence-corrected chi connectivity index (χ4v) is 0.670. The molecule has 0 bridgehead atoms. The van der Waals surface area contributed by atoms with E-state index >= 15 is 0 Å². The van der Waals surface area contributed by atoms with E-state index < -0.39 is 5.97 Å². The summed E-state index contributed by atoms with van der Waals surface area (Å²) in [6, 6.07) is 1.69. The number of hydrogen-bond donors (Lipinski definition) is 0. The van der Waals surface area contributed by atoms with E-state index in [0.29, 0.717) is 5.76 Å². The van der Waals surface area contributed by atoms with Crippen molar-refractivity contribution in [2.24, 2.45) is 0 Å². The molecule has 0 aliphatic heterocycles. The first-order valence-corrected chi connectivity index (χ1v) is 3.21. The Morgan fingerprint density at radius 1 is 1.92 bits per heavy atom. The molecule has 0 amide bonds. The van der Waals surface area contributed by atoms with Gasteiger partial charge < -0.3 is 9.26 Å². The van der Waals surface area contributed by atoms with E-state index in [2.05, 4.69) is 14.4 Å². The zero-order valence-electron chi connectivity index (χ0n) is 6.40. The van der Waals surface area contributed by atoms with E-state index in [1.165, 1.54) is 6.20 Å². The van der Waals surface area contributed by atoms with Crippen molar-refractivity contribution in [2.75, 3.05) is 6.61 Å². The van der Waals surface area contributed by atoms with Crippen molar-refractivity contribution in [3.63, 3.8) is 0 Å². The molecule has 0 saturated carbocycles. The van der Waals surface area contributed by atoms with Crippen molar-refractivity contribution < 1.29 is 14.1 Å². The maximum absolute atomic E-state index is 11.0. The Hall–Kier alpha value is -1.83. The topological polar surface area (TPSA) is 76.1 Å². The minimum absolute atomic E-state index is 0.255. The van der Waals surface area contributed by atoms with Gasteiger partial charge in [0.15, 0.2) is 6.61 Å². The molecule has 0 aliphatic carbocycles. The van der Waals surface area contributed by atoms with Crippen molar-refractivity contribution >= 4 is 5.97 Å². The maximum Gasteiger partial charge on any atom is 0.344 e. The van der Waals surface area contributed by atoms with Gasteiger partial charge in [-0.1, -0.05) is 5.16 Å². The van der Waals surface area contributed by atoms with Crippen molar-refractivity contribution in [1.29, 1.82) is 5.26 Å². The monoisotopic (exact) mass is 166 g/mol. The lowest BCUT2D eigenvalue weighted by Gasteiger charge is -1.95. The Kier molecular flexibility index (Phi) is 2.43. The van der Waals surface area contributed by atoms with E-state index in [4.69, 9.17) is 5.26 Å². The number of aryl methyl sites for hydroxylation is 1. The van der Waals surface area contributed by atoms with Gasteiger partial charge in [-0.3, -0.25) is 0 Å². The summed E-state index contributed by atoms with van der Waals surface area (Å²) in [6.45, 7) is 1.33. The number of nitriles is 1.